The maximum atomic E-state index is 9.96. The number of nitrogens with zero attached hydrogens (tertiary/aromatic N) is 2. The van der Waals surface area contributed by atoms with Crippen LogP contribution in [0.1, 0.15) is 0 Å². The van der Waals surface area contributed by atoms with Crippen molar-refractivity contribution in [1.82, 2.24) is 9.97 Å². The van der Waals surface area contributed by atoms with Gasteiger partial charge >= 0.3 is 0 Å². The number of ether oxygens (including phenoxy) is 1. The van der Waals surface area contributed by atoms with E-state index in [1.165, 1.54) is 11.8 Å². The van der Waals surface area contributed by atoms with Crippen molar-refractivity contribution in [3.63, 3.8) is 0 Å². The summed E-state index contributed by atoms with van der Waals surface area (Å²) in [6.07, 6.45) is 0.0391. The van der Waals surface area contributed by atoms with Gasteiger partial charge in [-0.1, -0.05) is 6.07 Å². The molecule has 0 aliphatic carbocycles. The summed E-state index contributed by atoms with van der Waals surface area (Å²) >= 11 is 1.25. The molecule has 22 heavy (non-hydrogen) atoms. The summed E-state index contributed by atoms with van der Waals surface area (Å²) in [5.74, 6) is 0.655. The van der Waals surface area contributed by atoms with Gasteiger partial charge in [-0.2, -0.15) is 0 Å². The number of rotatable bonds is 3. The Hall–Kier alpha value is -1.67. The molecule has 0 saturated carbocycles. The Morgan fingerprint density at radius 1 is 1.05 bits per heavy atom. The highest BCUT2D eigenvalue weighted by Gasteiger charge is 2.38. The normalized spacial score (nSPS) is 28.3. The Morgan fingerprint density at radius 2 is 1.82 bits per heavy atom. The van der Waals surface area contributed by atoms with E-state index in [1.54, 1.807) is 18.5 Å². The number of aliphatic hydroxyl groups excluding tert-OH is 3. The van der Waals surface area contributed by atoms with Crippen molar-refractivity contribution in [3.05, 3.63) is 42.7 Å². The van der Waals surface area contributed by atoms with E-state index in [-0.39, 0.29) is 0 Å². The highest BCUT2D eigenvalue weighted by atomic mass is 32.2. The molecule has 3 heterocycles. The molecule has 1 saturated heterocycles. The lowest BCUT2D eigenvalue weighted by molar-refractivity contribution is -0.0791. The van der Waals surface area contributed by atoms with Crippen molar-refractivity contribution >= 4 is 11.8 Å². The first-order valence-electron chi connectivity index (χ1n) is 6.85. The molecule has 0 spiro atoms. The predicted octanol–water partition coefficient (Wildman–Crippen LogP) is 0.678. The van der Waals surface area contributed by atoms with Gasteiger partial charge in [0.25, 0.3) is 0 Å². The highest BCUT2D eigenvalue weighted by molar-refractivity contribution is 7.99. The Morgan fingerprint density at radius 3 is 2.59 bits per heavy atom. The first-order chi connectivity index (χ1) is 10.6. The van der Waals surface area contributed by atoms with Crippen LogP contribution in [0.5, 0.6) is 5.88 Å². The van der Waals surface area contributed by atoms with Gasteiger partial charge in [0, 0.05) is 29.8 Å². The third-order valence-electron chi connectivity index (χ3n) is 3.39. The smallest absolute Gasteiger partial charge is 0.214 e. The average molecular weight is 320 g/mol. The van der Waals surface area contributed by atoms with Crippen LogP contribution in [0.3, 0.4) is 0 Å². The molecule has 0 radical (unpaired) electrons. The van der Waals surface area contributed by atoms with Gasteiger partial charge in [0.2, 0.25) is 5.88 Å². The summed E-state index contributed by atoms with van der Waals surface area (Å²) in [5.41, 5.74) is 0.974. The van der Waals surface area contributed by atoms with Gasteiger partial charge < -0.3 is 20.1 Å². The Labute approximate surface area is 131 Å². The number of thioether (sulfide) groups is 1. The number of pyridine rings is 2. The van der Waals surface area contributed by atoms with Crippen LogP contribution in [0.4, 0.5) is 0 Å². The average Bonchev–Trinajstić information content (AvgIpc) is 2.57. The molecule has 116 valence electrons. The quantitative estimate of drug-likeness (QED) is 0.765. The zero-order chi connectivity index (χ0) is 15.5. The molecule has 1 fully saturated rings. The Bertz CT molecular complexity index is 628. The largest absolute Gasteiger partial charge is 0.460 e. The van der Waals surface area contributed by atoms with Gasteiger partial charge in [0.1, 0.15) is 12.2 Å². The third-order valence-corrected chi connectivity index (χ3v) is 4.63. The van der Waals surface area contributed by atoms with E-state index in [2.05, 4.69) is 9.97 Å². The summed E-state index contributed by atoms with van der Waals surface area (Å²) in [7, 11) is 0. The molecule has 0 aromatic carbocycles. The zero-order valence-corrected chi connectivity index (χ0v) is 12.4. The monoisotopic (exact) mass is 320 g/mol. The third kappa shape index (κ3) is 3.22. The maximum Gasteiger partial charge on any atom is 0.214 e. The van der Waals surface area contributed by atoms with Crippen molar-refractivity contribution < 1.29 is 20.1 Å². The minimum absolute atomic E-state index is 0.299. The maximum absolute atomic E-state index is 9.96. The van der Waals surface area contributed by atoms with E-state index in [0.29, 0.717) is 11.6 Å². The van der Waals surface area contributed by atoms with Crippen LogP contribution in [0.2, 0.25) is 0 Å². The lowest BCUT2D eigenvalue weighted by Gasteiger charge is -2.34. The standard InChI is InChI=1S/C15H16N2O4S/c18-11-8-22-15(14(20)13(11)19)21-12-3-1-2-10(17-12)9-4-6-16-7-5-9/h1-7,11,13-15,18-20H,8H2/t11-,13+,14-,15+/m1/s1. The van der Waals surface area contributed by atoms with Crippen LogP contribution >= 0.6 is 11.8 Å². The summed E-state index contributed by atoms with van der Waals surface area (Å²) in [6.45, 7) is 0. The molecule has 0 bridgehead atoms. The SMILES string of the molecule is O[C@@H]1[C@@H](O)[C@@H](Oc2cccc(-c3ccncc3)n2)SC[C@H]1O. The van der Waals surface area contributed by atoms with E-state index in [1.807, 2.05) is 24.3 Å². The summed E-state index contributed by atoms with van der Waals surface area (Å²) < 4.78 is 5.66. The van der Waals surface area contributed by atoms with Crippen LogP contribution in [-0.2, 0) is 0 Å². The predicted molar refractivity (Wildman–Crippen MR) is 82.4 cm³/mol. The molecule has 2 aromatic rings. The molecule has 6 nitrogen and oxygen atoms in total. The van der Waals surface area contributed by atoms with Gasteiger partial charge in [-0.15, -0.1) is 11.8 Å². The molecular weight excluding hydrogens is 304 g/mol. The van der Waals surface area contributed by atoms with E-state index < -0.39 is 23.7 Å². The first kappa shape index (κ1) is 15.2. The van der Waals surface area contributed by atoms with Crippen LogP contribution in [0.15, 0.2) is 42.7 Å². The molecule has 4 atom stereocenters. The molecule has 3 rings (SSSR count). The number of hydrogen-bond donors (Lipinski definition) is 3. The molecular formula is C15H16N2O4S. The molecule has 3 N–H and O–H groups in total. The minimum atomic E-state index is -1.21. The van der Waals surface area contributed by atoms with E-state index in [0.717, 1.165) is 11.3 Å². The van der Waals surface area contributed by atoms with Crippen molar-refractivity contribution in [2.75, 3.05) is 5.75 Å². The number of aliphatic hydroxyl groups is 3. The summed E-state index contributed by atoms with van der Waals surface area (Å²) in [4.78, 5) is 8.36. The van der Waals surface area contributed by atoms with Crippen molar-refractivity contribution in [2.24, 2.45) is 0 Å². The molecule has 2 aromatic heterocycles. The molecule has 1 aliphatic rings. The molecule has 1 aliphatic heterocycles. The molecule has 0 unspecified atom stereocenters. The van der Waals surface area contributed by atoms with Crippen LogP contribution in [0, 0.1) is 0 Å². The highest BCUT2D eigenvalue weighted by Crippen LogP contribution is 2.29. The second kappa shape index (κ2) is 6.62. The topological polar surface area (TPSA) is 95.7 Å². The summed E-state index contributed by atoms with van der Waals surface area (Å²) in [6, 6.07) is 9.04. The second-order valence-corrected chi connectivity index (χ2v) is 6.10. The van der Waals surface area contributed by atoms with Crippen molar-refractivity contribution in [1.29, 1.82) is 0 Å². The minimum Gasteiger partial charge on any atom is -0.460 e. The summed E-state index contributed by atoms with van der Waals surface area (Å²) in [5, 5.41) is 29.2. The zero-order valence-electron chi connectivity index (χ0n) is 11.6. The Kier molecular flexibility index (Phi) is 4.58. The van der Waals surface area contributed by atoms with Gasteiger partial charge in [-0.3, -0.25) is 4.98 Å². The van der Waals surface area contributed by atoms with Gasteiger partial charge in [-0.05, 0) is 18.2 Å². The molecule has 0 amide bonds. The van der Waals surface area contributed by atoms with Crippen LogP contribution < -0.4 is 4.74 Å². The number of aromatic nitrogens is 2. The van der Waals surface area contributed by atoms with Gasteiger partial charge in [-0.25, -0.2) is 4.98 Å². The van der Waals surface area contributed by atoms with Crippen molar-refractivity contribution in [3.8, 4) is 17.1 Å². The van der Waals surface area contributed by atoms with Crippen molar-refractivity contribution in [2.45, 2.75) is 23.7 Å². The fraction of sp³-hybridized carbons (Fsp3) is 0.333. The second-order valence-electron chi connectivity index (χ2n) is 4.97. The lowest BCUT2D eigenvalue weighted by atomic mass is 10.1. The van der Waals surface area contributed by atoms with E-state index in [9.17, 15) is 15.3 Å². The van der Waals surface area contributed by atoms with Crippen LogP contribution in [-0.4, -0.2) is 54.8 Å². The Balaban J connectivity index is 1.76. The van der Waals surface area contributed by atoms with E-state index in [4.69, 9.17) is 4.74 Å². The number of hydrogen-bond acceptors (Lipinski definition) is 7. The fourth-order valence-corrected chi connectivity index (χ4v) is 3.27. The van der Waals surface area contributed by atoms with Gasteiger partial charge in [0.15, 0.2) is 5.44 Å². The van der Waals surface area contributed by atoms with E-state index >= 15 is 0 Å². The molecule has 7 heteroatoms. The van der Waals surface area contributed by atoms with Gasteiger partial charge in [0.05, 0.1) is 11.8 Å². The first-order valence-corrected chi connectivity index (χ1v) is 7.90. The fourth-order valence-electron chi connectivity index (χ4n) is 2.17. The lowest BCUT2D eigenvalue weighted by Crippen LogP contribution is -2.50. The van der Waals surface area contributed by atoms with Crippen LogP contribution in [0.25, 0.3) is 11.3 Å².